The standard InChI is InChI=1S/C12H10ClF2NO/c1-3-7(4-2)16-12(17)8-5-11(15)9(13)6-10(8)14/h1,5-7H,4H2,2H3,(H,16,17). The third-order valence-electron chi connectivity index (χ3n) is 2.17. The highest BCUT2D eigenvalue weighted by atomic mass is 35.5. The Bertz CT molecular complexity index is 482. The molecule has 1 aromatic rings. The molecule has 1 atom stereocenters. The number of rotatable bonds is 3. The van der Waals surface area contributed by atoms with Crippen LogP contribution in [-0.2, 0) is 0 Å². The number of carbonyl (C=O) groups excluding carboxylic acids is 1. The van der Waals surface area contributed by atoms with Crippen molar-refractivity contribution in [3.05, 3.63) is 34.4 Å². The lowest BCUT2D eigenvalue weighted by Gasteiger charge is -2.11. The number of carbonyl (C=O) groups is 1. The van der Waals surface area contributed by atoms with Crippen molar-refractivity contribution in [2.45, 2.75) is 19.4 Å². The van der Waals surface area contributed by atoms with Crippen LogP contribution >= 0.6 is 11.6 Å². The van der Waals surface area contributed by atoms with E-state index in [4.69, 9.17) is 18.0 Å². The minimum atomic E-state index is -0.888. The molecule has 0 aliphatic heterocycles. The summed E-state index contributed by atoms with van der Waals surface area (Å²) >= 11 is 5.37. The number of amides is 1. The number of benzene rings is 1. The lowest BCUT2D eigenvalue weighted by Crippen LogP contribution is -2.33. The van der Waals surface area contributed by atoms with Gasteiger partial charge in [-0.1, -0.05) is 24.4 Å². The van der Waals surface area contributed by atoms with Crippen molar-refractivity contribution in [2.75, 3.05) is 0 Å². The maximum Gasteiger partial charge on any atom is 0.255 e. The van der Waals surface area contributed by atoms with Crippen LogP contribution in [0.15, 0.2) is 12.1 Å². The number of halogens is 3. The molecule has 1 rings (SSSR count). The molecule has 0 aliphatic rings. The van der Waals surface area contributed by atoms with E-state index in [9.17, 15) is 13.6 Å². The Hall–Kier alpha value is -1.60. The first kappa shape index (κ1) is 13.5. The predicted molar refractivity (Wildman–Crippen MR) is 61.7 cm³/mol. The van der Waals surface area contributed by atoms with Gasteiger partial charge in [-0.3, -0.25) is 4.79 Å². The second-order valence-corrected chi connectivity index (χ2v) is 3.75. The molecule has 90 valence electrons. The second kappa shape index (κ2) is 5.65. The van der Waals surface area contributed by atoms with Crippen molar-refractivity contribution >= 4 is 17.5 Å². The normalized spacial score (nSPS) is 11.7. The lowest BCUT2D eigenvalue weighted by molar-refractivity contribution is 0.0940. The zero-order valence-electron chi connectivity index (χ0n) is 9.06. The quantitative estimate of drug-likeness (QED) is 0.655. The van der Waals surface area contributed by atoms with Crippen LogP contribution in [0.3, 0.4) is 0 Å². The Morgan fingerprint density at radius 1 is 1.53 bits per heavy atom. The van der Waals surface area contributed by atoms with Crippen molar-refractivity contribution in [3.63, 3.8) is 0 Å². The van der Waals surface area contributed by atoms with Gasteiger partial charge in [0, 0.05) is 0 Å². The fourth-order valence-electron chi connectivity index (χ4n) is 1.19. The van der Waals surface area contributed by atoms with Gasteiger partial charge in [0.2, 0.25) is 0 Å². The summed E-state index contributed by atoms with van der Waals surface area (Å²) in [7, 11) is 0. The molecular weight excluding hydrogens is 248 g/mol. The Morgan fingerprint density at radius 3 is 2.71 bits per heavy atom. The first-order chi connectivity index (χ1) is 7.99. The summed E-state index contributed by atoms with van der Waals surface area (Å²) in [6.07, 6.45) is 5.65. The summed E-state index contributed by atoms with van der Waals surface area (Å²) in [5.74, 6) is -0.180. The Kier molecular flexibility index (Phi) is 4.47. The maximum atomic E-state index is 13.4. The average molecular weight is 258 g/mol. The highest BCUT2D eigenvalue weighted by molar-refractivity contribution is 6.30. The summed E-state index contributed by atoms with van der Waals surface area (Å²) < 4.78 is 26.5. The molecule has 0 fully saturated rings. The molecule has 1 N–H and O–H groups in total. The van der Waals surface area contributed by atoms with Gasteiger partial charge in [-0.15, -0.1) is 6.42 Å². The Balaban J connectivity index is 2.98. The van der Waals surface area contributed by atoms with Crippen LogP contribution in [0.25, 0.3) is 0 Å². The van der Waals surface area contributed by atoms with Crippen LogP contribution in [-0.4, -0.2) is 11.9 Å². The molecule has 0 radical (unpaired) electrons. The van der Waals surface area contributed by atoms with Crippen LogP contribution in [0, 0.1) is 24.0 Å². The van der Waals surface area contributed by atoms with Crippen molar-refractivity contribution in [1.29, 1.82) is 0 Å². The molecule has 2 nitrogen and oxygen atoms in total. The summed E-state index contributed by atoms with van der Waals surface area (Å²) in [6, 6.07) is 0.986. The number of hydrogen-bond donors (Lipinski definition) is 1. The number of nitrogens with one attached hydrogen (secondary N) is 1. The average Bonchev–Trinajstić information content (AvgIpc) is 2.30. The molecule has 17 heavy (non-hydrogen) atoms. The molecule has 0 saturated carbocycles. The van der Waals surface area contributed by atoms with Gasteiger partial charge in [-0.05, 0) is 18.6 Å². The van der Waals surface area contributed by atoms with Gasteiger partial charge in [0.15, 0.2) is 0 Å². The largest absolute Gasteiger partial charge is 0.338 e. The molecule has 5 heteroatoms. The van der Waals surface area contributed by atoms with E-state index in [1.165, 1.54) is 0 Å². The highest BCUT2D eigenvalue weighted by Crippen LogP contribution is 2.19. The van der Waals surface area contributed by atoms with Crippen molar-refractivity contribution in [3.8, 4) is 12.3 Å². The molecular formula is C12H10ClF2NO. The molecule has 0 aliphatic carbocycles. The lowest BCUT2D eigenvalue weighted by atomic mass is 10.1. The SMILES string of the molecule is C#CC(CC)NC(=O)c1cc(F)c(Cl)cc1F. The van der Waals surface area contributed by atoms with E-state index in [2.05, 4.69) is 11.2 Å². The summed E-state index contributed by atoms with van der Waals surface area (Å²) in [5, 5.41) is 2.02. The summed E-state index contributed by atoms with van der Waals surface area (Å²) in [5.41, 5.74) is -0.416. The van der Waals surface area contributed by atoms with E-state index >= 15 is 0 Å². The molecule has 0 saturated heterocycles. The first-order valence-corrected chi connectivity index (χ1v) is 5.29. The second-order valence-electron chi connectivity index (χ2n) is 3.35. The number of hydrogen-bond acceptors (Lipinski definition) is 1. The molecule has 0 spiro atoms. The van der Waals surface area contributed by atoms with E-state index in [0.717, 1.165) is 12.1 Å². The van der Waals surface area contributed by atoms with Gasteiger partial charge in [-0.25, -0.2) is 8.78 Å². The smallest absolute Gasteiger partial charge is 0.255 e. The number of terminal acetylenes is 1. The molecule has 1 aromatic carbocycles. The van der Waals surface area contributed by atoms with E-state index in [1.54, 1.807) is 6.92 Å². The van der Waals surface area contributed by atoms with Gasteiger partial charge < -0.3 is 5.32 Å². The summed E-state index contributed by atoms with van der Waals surface area (Å²) in [6.45, 7) is 1.77. The van der Waals surface area contributed by atoms with Gasteiger partial charge >= 0.3 is 0 Å². The first-order valence-electron chi connectivity index (χ1n) is 4.91. The van der Waals surface area contributed by atoms with E-state index in [1.807, 2.05) is 0 Å². The van der Waals surface area contributed by atoms with Crippen LogP contribution in [0.4, 0.5) is 8.78 Å². The van der Waals surface area contributed by atoms with Crippen molar-refractivity contribution < 1.29 is 13.6 Å². The predicted octanol–water partition coefficient (Wildman–Crippen LogP) is 2.76. The zero-order chi connectivity index (χ0) is 13.0. The van der Waals surface area contributed by atoms with Gasteiger partial charge in [0.25, 0.3) is 5.91 Å². The van der Waals surface area contributed by atoms with Crippen molar-refractivity contribution in [2.24, 2.45) is 0 Å². The van der Waals surface area contributed by atoms with E-state index < -0.39 is 29.1 Å². The van der Waals surface area contributed by atoms with Crippen LogP contribution in [0.1, 0.15) is 23.7 Å². The maximum absolute atomic E-state index is 13.4. The third-order valence-corrected chi connectivity index (χ3v) is 2.46. The molecule has 0 aromatic heterocycles. The molecule has 0 heterocycles. The molecule has 1 unspecified atom stereocenters. The van der Waals surface area contributed by atoms with Crippen LogP contribution in [0.5, 0.6) is 0 Å². The van der Waals surface area contributed by atoms with Crippen LogP contribution < -0.4 is 5.32 Å². The van der Waals surface area contributed by atoms with Gasteiger partial charge in [0.05, 0.1) is 16.6 Å². The zero-order valence-corrected chi connectivity index (χ0v) is 9.81. The fourth-order valence-corrected chi connectivity index (χ4v) is 1.34. The van der Waals surface area contributed by atoms with Gasteiger partial charge in [0.1, 0.15) is 11.6 Å². The van der Waals surface area contributed by atoms with Gasteiger partial charge in [-0.2, -0.15) is 0 Å². The summed E-state index contributed by atoms with van der Waals surface area (Å²) in [4.78, 5) is 11.6. The highest BCUT2D eigenvalue weighted by Gasteiger charge is 2.17. The molecule has 0 bridgehead atoms. The van der Waals surface area contributed by atoms with Crippen molar-refractivity contribution in [1.82, 2.24) is 5.32 Å². The third kappa shape index (κ3) is 3.18. The fraction of sp³-hybridized carbons (Fsp3) is 0.250. The topological polar surface area (TPSA) is 29.1 Å². The Labute approximate surface area is 103 Å². The Morgan fingerprint density at radius 2 is 2.18 bits per heavy atom. The minimum absolute atomic E-state index is 0.372. The van der Waals surface area contributed by atoms with E-state index in [0.29, 0.717) is 6.42 Å². The van der Waals surface area contributed by atoms with E-state index in [-0.39, 0.29) is 5.02 Å². The monoisotopic (exact) mass is 257 g/mol. The molecule has 1 amide bonds. The minimum Gasteiger partial charge on any atom is -0.338 e. The van der Waals surface area contributed by atoms with Crippen LogP contribution in [0.2, 0.25) is 5.02 Å².